The summed E-state index contributed by atoms with van der Waals surface area (Å²) in [6, 6.07) is 9.94. The fourth-order valence-electron chi connectivity index (χ4n) is 3.38. The van der Waals surface area contributed by atoms with Crippen molar-refractivity contribution in [3.05, 3.63) is 53.0 Å². The van der Waals surface area contributed by atoms with Crippen LogP contribution in [0.4, 0.5) is 0 Å². The third kappa shape index (κ3) is 4.47. The smallest absolute Gasteiger partial charge is 0.258 e. The molecular formula is C21H28N2O3. The Kier molecular flexibility index (Phi) is 5.99. The van der Waals surface area contributed by atoms with Gasteiger partial charge in [0.15, 0.2) is 6.61 Å². The van der Waals surface area contributed by atoms with Gasteiger partial charge in [-0.05, 0) is 76.0 Å². The van der Waals surface area contributed by atoms with Crippen molar-refractivity contribution >= 4 is 5.91 Å². The second-order valence-corrected chi connectivity index (χ2v) is 7.00. The lowest BCUT2D eigenvalue weighted by Crippen LogP contribution is -2.38. The minimum absolute atomic E-state index is 0.0220. The number of hydrogen-bond acceptors (Lipinski definition) is 4. The summed E-state index contributed by atoms with van der Waals surface area (Å²) in [5.41, 5.74) is 2.23. The van der Waals surface area contributed by atoms with Gasteiger partial charge >= 0.3 is 0 Å². The molecule has 0 radical (unpaired) electrons. The largest absolute Gasteiger partial charge is 0.483 e. The first-order valence-electron chi connectivity index (χ1n) is 9.30. The Labute approximate surface area is 155 Å². The van der Waals surface area contributed by atoms with Gasteiger partial charge in [-0.3, -0.25) is 9.69 Å². The number of aryl methyl sites for hydroxylation is 2. The minimum atomic E-state index is -0.113. The molecule has 2 heterocycles. The summed E-state index contributed by atoms with van der Waals surface area (Å²) in [7, 11) is 0. The standard InChI is InChI=1S/C21H28N2O3/c1-15-7-6-8-19(17(15)3)25-14-21(24)22-13-18(23-11-4-5-12-23)20-10-9-16(2)26-20/h6-10,18H,4-5,11-14H2,1-3H3,(H,22,24)/t18-/m0/s1. The molecule has 3 rings (SSSR count). The monoisotopic (exact) mass is 356 g/mol. The Morgan fingerprint density at radius 1 is 1.19 bits per heavy atom. The molecule has 1 saturated heterocycles. The van der Waals surface area contributed by atoms with Gasteiger partial charge in [0.25, 0.3) is 5.91 Å². The zero-order chi connectivity index (χ0) is 18.5. The highest BCUT2D eigenvalue weighted by molar-refractivity contribution is 5.77. The van der Waals surface area contributed by atoms with E-state index in [-0.39, 0.29) is 18.6 Å². The van der Waals surface area contributed by atoms with Crippen LogP contribution in [0, 0.1) is 20.8 Å². The van der Waals surface area contributed by atoms with E-state index in [2.05, 4.69) is 10.2 Å². The van der Waals surface area contributed by atoms with Crippen LogP contribution in [-0.4, -0.2) is 37.0 Å². The number of carbonyl (C=O) groups is 1. The molecule has 1 atom stereocenters. The number of furan rings is 1. The molecule has 0 aliphatic carbocycles. The third-order valence-corrected chi connectivity index (χ3v) is 5.08. The van der Waals surface area contributed by atoms with E-state index in [0.717, 1.165) is 41.5 Å². The number of carbonyl (C=O) groups excluding carboxylic acids is 1. The van der Waals surface area contributed by atoms with Crippen molar-refractivity contribution < 1.29 is 13.9 Å². The minimum Gasteiger partial charge on any atom is -0.483 e. The molecular weight excluding hydrogens is 328 g/mol. The molecule has 0 saturated carbocycles. The molecule has 0 spiro atoms. The lowest BCUT2D eigenvalue weighted by Gasteiger charge is -2.26. The van der Waals surface area contributed by atoms with Crippen molar-refractivity contribution in [2.24, 2.45) is 0 Å². The van der Waals surface area contributed by atoms with Gasteiger partial charge in [-0.1, -0.05) is 12.1 Å². The summed E-state index contributed by atoms with van der Waals surface area (Å²) in [4.78, 5) is 14.7. The highest BCUT2D eigenvalue weighted by Crippen LogP contribution is 2.26. The zero-order valence-corrected chi connectivity index (χ0v) is 15.9. The Bertz CT molecular complexity index is 747. The van der Waals surface area contributed by atoms with Crippen LogP contribution in [0.15, 0.2) is 34.7 Å². The molecule has 0 bridgehead atoms. The number of amides is 1. The molecule has 26 heavy (non-hydrogen) atoms. The fourth-order valence-corrected chi connectivity index (χ4v) is 3.38. The van der Waals surface area contributed by atoms with Gasteiger partial charge in [-0.2, -0.15) is 0 Å². The summed E-state index contributed by atoms with van der Waals surface area (Å²) in [6.45, 7) is 8.62. The second-order valence-electron chi connectivity index (χ2n) is 7.00. The second kappa shape index (κ2) is 8.41. The fraction of sp³-hybridized carbons (Fsp3) is 0.476. The van der Waals surface area contributed by atoms with Gasteiger partial charge in [-0.15, -0.1) is 0 Å². The summed E-state index contributed by atoms with van der Waals surface area (Å²) >= 11 is 0. The van der Waals surface area contributed by atoms with Gasteiger partial charge < -0.3 is 14.5 Å². The number of ether oxygens (including phenoxy) is 1. The van der Waals surface area contributed by atoms with Crippen LogP contribution in [0.3, 0.4) is 0 Å². The summed E-state index contributed by atoms with van der Waals surface area (Å²) in [6.07, 6.45) is 2.39. The molecule has 5 heteroatoms. The van der Waals surface area contributed by atoms with Crippen molar-refractivity contribution in [2.45, 2.75) is 39.7 Å². The lowest BCUT2D eigenvalue weighted by molar-refractivity contribution is -0.123. The quantitative estimate of drug-likeness (QED) is 0.824. The van der Waals surface area contributed by atoms with Crippen molar-refractivity contribution in [3.8, 4) is 5.75 Å². The van der Waals surface area contributed by atoms with Crippen LogP contribution in [0.1, 0.15) is 41.5 Å². The molecule has 1 aliphatic rings. The first-order valence-corrected chi connectivity index (χ1v) is 9.30. The third-order valence-electron chi connectivity index (χ3n) is 5.08. The van der Waals surface area contributed by atoms with E-state index in [1.54, 1.807) is 0 Å². The summed E-state index contributed by atoms with van der Waals surface area (Å²) < 4.78 is 11.5. The number of nitrogens with one attached hydrogen (secondary N) is 1. The van der Waals surface area contributed by atoms with E-state index in [1.165, 1.54) is 12.8 Å². The SMILES string of the molecule is Cc1ccc([C@H](CNC(=O)COc2cccc(C)c2C)N2CCCC2)o1. The Morgan fingerprint density at radius 2 is 1.96 bits per heavy atom. The van der Waals surface area contributed by atoms with Crippen LogP contribution in [0.25, 0.3) is 0 Å². The van der Waals surface area contributed by atoms with Gasteiger partial charge in [0.1, 0.15) is 17.3 Å². The number of likely N-dealkylation sites (tertiary alicyclic amines) is 1. The normalized spacial score (nSPS) is 15.8. The Balaban J connectivity index is 1.56. The highest BCUT2D eigenvalue weighted by atomic mass is 16.5. The van der Waals surface area contributed by atoms with Crippen LogP contribution >= 0.6 is 0 Å². The molecule has 1 amide bonds. The Morgan fingerprint density at radius 3 is 2.65 bits per heavy atom. The van der Waals surface area contributed by atoms with Gasteiger partial charge in [0.05, 0.1) is 6.04 Å². The topological polar surface area (TPSA) is 54.7 Å². The molecule has 0 unspecified atom stereocenters. The van der Waals surface area contributed by atoms with Gasteiger partial charge in [-0.25, -0.2) is 0 Å². The van der Waals surface area contributed by atoms with E-state index in [4.69, 9.17) is 9.15 Å². The van der Waals surface area contributed by atoms with Crippen molar-refractivity contribution in [1.29, 1.82) is 0 Å². The average Bonchev–Trinajstić information content (AvgIpc) is 3.29. The predicted molar refractivity (Wildman–Crippen MR) is 101 cm³/mol. The number of nitrogens with zero attached hydrogens (tertiary/aromatic N) is 1. The number of rotatable bonds is 7. The zero-order valence-electron chi connectivity index (χ0n) is 15.9. The van der Waals surface area contributed by atoms with E-state index in [9.17, 15) is 4.79 Å². The maximum absolute atomic E-state index is 12.3. The molecule has 140 valence electrons. The van der Waals surface area contributed by atoms with E-state index in [0.29, 0.717) is 6.54 Å². The molecule has 1 aromatic carbocycles. The predicted octanol–water partition coefficient (Wildman–Crippen LogP) is 3.54. The van der Waals surface area contributed by atoms with Crippen LogP contribution in [-0.2, 0) is 4.79 Å². The van der Waals surface area contributed by atoms with E-state index < -0.39 is 0 Å². The van der Waals surface area contributed by atoms with Crippen LogP contribution in [0.2, 0.25) is 0 Å². The van der Waals surface area contributed by atoms with Gasteiger partial charge in [0.2, 0.25) is 0 Å². The highest BCUT2D eigenvalue weighted by Gasteiger charge is 2.26. The van der Waals surface area contributed by atoms with Gasteiger partial charge in [0, 0.05) is 6.54 Å². The molecule has 5 nitrogen and oxygen atoms in total. The van der Waals surface area contributed by atoms with Crippen LogP contribution in [0.5, 0.6) is 5.75 Å². The molecule has 1 aliphatic heterocycles. The number of benzene rings is 1. The van der Waals surface area contributed by atoms with Crippen molar-refractivity contribution in [2.75, 3.05) is 26.2 Å². The van der Waals surface area contributed by atoms with E-state index >= 15 is 0 Å². The first-order chi connectivity index (χ1) is 12.5. The lowest BCUT2D eigenvalue weighted by atomic mass is 10.1. The molecule has 2 aromatic rings. The van der Waals surface area contributed by atoms with Crippen molar-refractivity contribution in [3.63, 3.8) is 0 Å². The molecule has 1 aromatic heterocycles. The molecule has 1 N–H and O–H groups in total. The number of hydrogen-bond donors (Lipinski definition) is 1. The summed E-state index contributed by atoms with van der Waals surface area (Å²) in [5.74, 6) is 2.46. The maximum atomic E-state index is 12.3. The van der Waals surface area contributed by atoms with E-state index in [1.807, 2.05) is 51.1 Å². The summed E-state index contributed by atoms with van der Waals surface area (Å²) in [5, 5.41) is 3.01. The molecule has 1 fully saturated rings. The Hall–Kier alpha value is -2.27. The first kappa shape index (κ1) is 18.5. The van der Waals surface area contributed by atoms with Crippen LogP contribution < -0.4 is 10.1 Å². The average molecular weight is 356 g/mol. The maximum Gasteiger partial charge on any atom is 0.258 e. The van der Waals surface area contributed by atoms with Crippen molar-refractivity contribution in [1.82, 2.24) is 10.2 Å².